The maximum atomic E-state index is 11.8. The molecule has 1 unspecified atom stereocenters. The molecule has 2 aliphatic rings. The van der Waals surface area contributed by atoms with Gasteiger partial charge >= 0.3 is 0 Å². The van der Waals surface area contributed by atoms with Gasteiger partial charge < -0.3 is 10.3 Å². The highest BCUT2D eigenvalue weighted by molar-refractivity contribution is 5.12. The van der Waals surface area contributed by atoms with E-state index < -0.39 is 0 Å². The van der Waals surface area contributed by atoms with Crippen LogP contribution in [0.25, 0.3) is 0 Å². The molecule has 1 aliphatic heterocycles. The van der Waals surface area contributed by atoms with E-state index in [4.69, 9.17) is 4.98 Å². The van der Waals surface area contributed by atoms with Crippen LogP contribution in [0.5, 0.6) is 0 Å². The molecule has 4 nitrogen and oxygen atoms in total. The van der Waals surface area contributed by atoms with Crippen molar-refractivity contribution in [3.8, 4) is 0 Å². The maximum absolute atomic E-state index is 11.8. The Kier molecular flexibility index (Phi) is 3.46. The number of nitrogens with one attached hydrogen (secondary N) is 2. The summed E-state index contributed by atoms with van der Waals surface area (Å²) in [5.74, 6) is 1.80. The highest BCUT2D eigenvalue weighted by Gasteiger charge is 2.22. The van der Waals surface area contributed by atoms with Crippen molar-refractivity contribution >= 4 is 0 Å². The van der Waals surface area contributed by atoms with E-state index in [0.717, 1.165) is 31.0 Å². The molecule has 1 aromatic heterocycles. The van der Waals surface area contributed by atoms with Gasteiger partial charge in [0, 0.05) is 24.4 Å². The molecule has 1 atom stereocenters. The molecule has 0 radical (unpaired) electrons. The van der Waals surface area contributed by atoms with Gasteiger partial charge in [0.15, 0.2) is 0 Å². The van der Waals surface area contributed by atoms with Crippen molar-refractivity contribution in [1.29, 1.82) is 0 Å². The van der Waals surface area contributed by atoms with E-state index in [2.05, 4.69) is 10.3 Å². The van der Waals surface area contributed by atoms with Crippen LogP contribution in [0.3, 0.4) is 0 Å². The molecule has 1 saturated carbocycles. The molecule has 18 heavy (non-hydrogen) atoms. The highest BCUT2D eigenvalue weighted by atomic mass is 16.1. The van der Waals surface area contributed by atoms with Crippen molar-refractivity contribution in [3.05, 3.63) is 27.9 Å². The molecule has 2 N–H and O–H groups in total. The molecule has 98 valence electrons. The van der Waals surface area contributed by atoms with Crippen LogP contribution in [-0.4, -0.2) is 23.1 Å². The minimum Gasteiger partial charge on any atom is -0.316 e. The van der Waals surface area contributed by atoms with E-state index in [0.29, 0.717) is 11.8 Å². The van der Waals surface area contributed by atoms with Gasteiger partial charge in [0.2, 0.25) is 0 Å². The number of rotatable bonds is 2. The fraction of sp³-hybridized carbons (Fsp3) is 0.714. The lowest BCUT2D eigenvalue weighted by Crippen LogP contribution is -2.30. The molecule has 1 aromatic rings. The summed E-state index contributed by atoms with van der Waals surface area (Å²) in [6.07, 6.45) is 7.24. The number of aromatic amines is 1. The van der Waals surface area contributed by atoms with Gasteiger partial charge in [0.25, 0.3) is 5.56 Å². The first kappa shape index (κ1) is 11.9. The fourth-order valence-electron chi connectivity index (χ4n) is 3.21. The predicted molar refractivity (Wildman–Crippen MR) is 70.9 cm³/mol. The van der Waals surface area contributed by atoms with Crippen LogP contribution < -0.4 is 10.9 Å². The topological polar surface area (TPSA) is 57.8 Å². The summed E-state index contributed by atoms with van der Waals surface area (Å²) >= 11 is 0. The van der Waals surface area contributed by atoms with Crippen LogP contribution in [0.15, 0.2) is 10.9 Å². The van der Waals surface area contributed by atoms with E-state index in [1.807, 2.05) is 0 Å². The average molecular weight is 247 g/mol. The normalized spacial score (nSPS) is 25.4. The van der Waals surface area contributed by atoms with Crippen LogP contribution in [0.2, 0.25) is 0 Å². The summed E-state index contributed by atoms with van der Waals surface area (Å²) in [6.45, 7) is 2.03. The molecular weight excluding hydrogens is 226 g/mol. The third-order valence-corrected chi connectivity index (χ3v) is 4.24. The van der Waals surface area contributed by atoms with Gasteiger partial charge in [-0.15, -0.1) is 0 Å². The number of aromatic nitrogens is 2. The second-order valence-corrected chi connectivity index (χ2v) is 5.58. The highest BCUT2D eigenvalue weighted by Crippen LogP contribution is 2.33. The van der Waals surface area contributed by atoms with Crippen LogP contribution in [0.4, 0.5) is 0 Å². The Labute approximate surface area is 107 Å². The second kappa shape index (κ2) is 5.22. The van der Waals surface area contributed by atoms with Crippen molar-refractivity contribution in [1.82, 2.24) is 15.3 Å². The number of hydrogen-bond acceptors (Lipinski definition) is 3. The summed E-state index contributed by atoms with van der Waals surface area (Å²) in [7, 11) is 0. The Morgan fingerprint density at radius 3 is 2.61 bits per heavy atom. The second-order valence-electron chi connectivity index (χ2n) is 5.58. The monoisotopic (exact) mass is 247 g/mol. The van der Waals surface area contributed by atoms with Crippen LogP contribution in [-0.2, 0) is 0 Å². The summed E-state index contributed by atoms with van der Waals surface area (Å²) < 4.78 is 0. The Balaban J connectivity index is 1.87. The van der Waals surface area contributed by atoms with Gasteiger partial charge in [-0.2, -0.15) is 0 Å². The molecule has 4 heteroatoms. The Morgan fingerprint density at radius 2 is 1.89 bits per heavy atom. The maximum Gasteiger partial charge on any atom is 0.251 e. The summed E-state index contributed by atoms with van der Waals surface area (Å²) in [6, 6.07) is 1.70. The number of nitrogens with zero attached hydrogens (tertiary/aromatic N) is 1. The first-order valence-corrected chi connectivity index (χ1v) is 7.15. The van der Waals surface area contributed by atoms with Gasteiger partial charge in [-0.25, -0.2) is 4.98 Å². The van der Waals surface area contributed by atoms with Crippen LogP contribution >= 0.6 is 0 Å². The first-order valence-electron chi connectivity index (χ1n) is 7.15. The van der Waals surface area contributed by atoms with Crippen LogP contribution in [0.1, 0.15) is 61.9 Å². The van der Waals surface area contributed by atoms with Gasteiger partial charge in [0.05, 0.1) is 5.69 Å². The molecule has 0 bridgehead atoms. The molecule has 0 aromatic carbocycles. The lowest BCUT2D eigenvalue weighted by molar-refractivity contribution is 0.443. The zero-order chi connectivity index (χ0) is 12.4. The molecular formula is C14H21N3O. The lowest BCUT2D eigenvalue weighted by Gasteiger charge is -2.22. The van der Waals surface area contributed by atoms with Gasteiger partial charge in [0.1, 0.15) is 5.82 Å². The summed E-state index contributed by atoms with van der Waals surface area (Å²) in [4.78, 5) is 19.5. The molecule has 2 fully saturated rings. The summed E-state index contributed by atoms with van der Waals surface area (Å²) in [5.41, 5.74) is 1.05. The number of piperidine rings is 1. The quantitative estimate of drug-likeness (QED) is 0.839. The van der Waals surface area contributed by atoms with Crippen molar-refractivity contribution < 1.29 is 0 Å². The van der Waals surface area contributed by atoms with Crippen molar-refractivity contribution in [2.75, 3.05) is 13.1 Å². The van der Waals surface area contributed by atoms with Gasteiger partial charge in [-0.05, 0) is 32.2 Å². The standard InChI is InChI=1S/C14H21N3O/c18-13-8-12(10-4-1-2-5-10)16-14(17-13)11-6-3-7-15-9-11/h8,10-11,15H,1-7,9H2,(H,16,17,18). The van der Waals surface area contributed by atoms with E-state index in [1.54, 1.807) is 6.07 Å². The van der Waals surface area contributed by atoms with Crippen molar-refractivity contribution in [2.45, 2.75) is 50.4 Å². The minimum absolute atomic E-state index is 0.0208. The first-order chi connectivity index (χ1) is 8.83. The Bertz CT molecular complexity index is 456. The number of H-pyrrole nitrogens is 1. The zero-order valence-corrected chi connectivity index (χ0v) is 10.7. The SMILES string of the molecule is O=c1cc(C2CCCC2)nc(C2CCCNC2)[nH]1. The van der Waals surface area contributed by atoms with Crippen molar-refractivity contribution in [2.24, 2.45) is 0 Å². The van der Waals surface area contributed by atoms with Gasteiger partial charge in [-0.1, -0.05) is 12.8 Å². The smallest absolute Gasteiger partial charge is 0.251 e. The largest absolute Gasteiger partial charge is 0.316 e. The minimum atomic E-state index is 0.0208. The third-order valence-electron chi connectivity index (χ3n) is 4.24. The lowest BCUT2D eigenvalue weighted by atomic mass is 9.98. The molecule has 1 saturated heterocycles. The molecule has 2 heterocycles. The zero-order valence-electron chi connectivity index (χ0n) is 10.7. The Morgan fingerprint density at radius 1 is 1.11 bits per heavy atom. The molecule has 0 spiro atoms. The summed E-state index contributed by atoms with van der Waals surface area (Å²) in [5, 5.41) is 3.38. The van der Waals surface area contributed by atoms with Gasteiger partial charge in [-0.3, -0.25) is 4.79 Å². The van der Waals surface area contributed by atoms with E-state index in [1.165, 1.54) is 32.1 Å². The number of hydrogen-bond donors (Lipinski definition) is 2. The van der Waals surface area contributed by atoms with E-state index >= 15 is 0 Å². The fourth-order valence-corrected chi connectivity index (χ4v) is 3.21. The molecule has 3 rings (SSSR count). The third kappa shape index (κ3) is 2.48. The average Bonchev–Trinajstić information content (AvgIpc) is 2.93. The van der Waals surface area contributed by atoms with E-state index in [-0.39, 0.29) is 5.56 Å². The Hall–Kier alpha value is -1.16. The molecule has 0 amide bonds. The predicted octanol–water partition coefficient (Wildman–Crippen LogP) is 1.89. The van der Waals surface area contributed by atoms with E-state index in [9.17, 15) is 4.79 Å². The van der Waals surface area contributed by atoms with Crippen LogP contribution in [0, 0.1) is 0 Å². The van der Waals surface area contributed by atoms with Crippen molar-refractivity contribution in [3.63, 3.8) is 0 Å². The molecule has 1 aliphatic carbocycles.